The van der Waals surface area contributed by atoms with Gasteiger partial charge in [-0.15, -0.1) is 0 Å². The third-order valence-electron chi connectivity index (χ3n) is 5.92. The number of benzene rings is 1. The monoisotopic (exact) mass is 471 g/mol. The van der Waals surface area contributed by atoms with Crippen molar-refractivity contribution in [2.45, 2.75) is 58.5 Å². The van der Waals surface area contributed by atoms with Gasteiger partial charge in [-0.3, -0.25) is 9.97 Å². The van der Waals surface area contributed by atoms with E-state index in [1.807, 2.05) is 30.3 Å². The Bertz CT molecular complexity index is 1130. The number of halogens is 1. The van der Waals surface area contributed by atoms with Crippen LogP contribution in [-0.4, -0.2) is 29.5 Å². The quantitative estimate of drug-likeness (QED) is 0.403. The molecule has 0 saturated heterocycles. The molecule has 2 heterocycles. The average molecular weight is 472 g/mol. The zero-order valence-corrected chi connectivity index (χ0v) is 21.0. The summed E-state index contributed by atoms with van der Waals surface area (Å²) in [6.07, 6.45) is 1.17. The van der Waals surface area contributed by atoms with Crippen molar-refractivity contribution >= 4 is 36.9 Å². The number of rotatable bonds is 7. The highest BCUT2D eigenvalue weighted by atomic mass is 35.5. The molecule has 0 aliphatic heterocycles. The minimum atomic E-state index is -1.92. The SMILES string of the molecule is CC(C)(C)[Si](C)(C)OCc1cc(CNC(=O)O)nc(Cc2ccc3ncc(Cl)cc3c2)c1. The first-order chi connectivity index (χ1) is 14.9. The number of nitrogens with zero attached hydrogens (tertiary/aromatic N) is 2. The van der Waals surface area contributed by atoms with Gasteiger partial charge in [-0.05, 0) is 59.6 Å². The molecule has 0 aliphatic rings. The molecule has 2 N–H and O–H groups in total. The summed E-state index contributed by atoms with van der Waals surface area (Å²) in [5.74, 6) is 0. The first-order valence-electron chi connectivity index (χ1n) is 10.6. The van der Waals surface area contributed by atoms with E-state index in [0.717, 1.165) is 27.7 Å². The van der Waals surface area contributed by atoms with Crippen LogP contribution >= 0.6 is 11.6 Å². The summed E-state index contributed by atoms with van der Waals surface area (Å²) in [5, 5.41) is 13.1. The minimum Gasteiger partial charge on any atom is -0.465 e. The van der Waals surface area contributed by atoms with Crippen molar-refractivity contribution in [3.63, 3.8) is 0 Å². The number of hydrogen-bond donors (Lipinski definition) is 2. The molecule has 0 fully saturated rings. The van der Waals surface area contributed by atoms with Gasteiger partial charge in [0.15, 0.2) is 8.32 Å². The van der Waals surface area contributed by atoms with Crippen LogP contribution in [0, 0.1) is 0 Å². The summed E-state index contributed by atoms with van der Waals surface area (Å²) in [4.78, 5) is 20.0. The fourth-order valence-electron chi connectivity index (χ4n) is 3.10. The van der Waals surface area contributed by atoms with Crippen molar-refractivity contribution < 1.29 is 14.3 Å². The molecular formula is C24H30ClN3O3Si. The maximum atomic E-state index is 11.0. The average Bonchev–Trinajstić information content (AvgIpc) is 2.69. The Balaban J connectivity index is 1.87. The third-order valence-corrected chi connectivity index (χ3v) is 10.6. The van der Waals surface area contributed by atoms with Crippen molar-refractivity contribution in [2.75, 3.05) is 0 Å². The topological polar surface area (TPSA) is 84.3 Å². The summed E-state index contributed by atoms with van der Waals surface area (Å²) in [6, 6.07) is 11.9. The zero-order valence-electron chi connectivity index (χ0n) is 19.2. The first-order valence-corrected chi connectivity index (χ1v) is 13.9. The van der Waals surface area contributed by atoms with Crippen LogP contribution in [-0.2, 0) is 24.0 Å². The molecule has 170 valence electrons. The molecule has 0 atom stereocenters. The Morgan fingerprint density at radius 1 is 1.12 bits per heavy atom. The second-order valence-corrected chi connectivity index (χ2v) is 14.8. The Morgan fingerprint density at radius 2 is 1.84 bits per heavy atom. The number of amides is 1. The lowest BCUT2D eigenvalue weighted by Gasteiger charge is -2.36. The Kier molecular flexibility index (Phi) is 7.22. The van der Waals surface area contributed by atoms with Gasteiger partial charge in [0.25, 0.3) is 0 Å². The van der Waals surface area contributed by atoms with Crippen LogP contribution in [0.1, 0.15) is 43.3 Å². The van der Waals surface area contributed by atoms with Crippen LogP contribution in [0.3, 0.4) is 0 Å². The van der Waals surface area contributed by atoms with Gasteiger partial charge < -0.3 is 14.8 Å². The third kappa shape index (κ3) is 6.28. The smallest absolute Gasteiger partial charge is 0.404 e. The van der Waals surface area contributed by atoms with Crippen LogP contribution in [0.15, 0.2) is 42.6 Å². The van der Waals surface area contributed by atoms with Gasteiger partial charge in [-0.2, -0.15) is 0 Å². The van der Waals surface area contributed by atoms with E-state index in [2.05, 4.69) is 55.2 Å². The van der Waals surface area contributed by atoms with Gasteiger partial charge in [0, 0.05) is 23.7 Å². The molecule has 0 spiro atoms. The van der Waals surface area contributed by atoms with Gasteiger partial charge in [0.05, 0.1) is 29.4 Å². The van der Waals surface area contributed by atoms with E-state index < -0.39 is 14.4 Å². The van der Waals surface area contributed by atoms with Gasteiger partial charge in [0.2, 0.25) is 0 Å². The number of aromatic nitrogens is 2. The molecule has 3 rings (SSSR count). The van der Waals surface area contributed by atoms with E-state index in [-0.39, 0.29) is 11.6 Å². The van der Waals surface area contributed by atoms with Crippen LogP contribution in [0.4, 0.5) is 4.79 Å². The summed E-state index contributed by atoms with van der Waals surface area (Å²) >= 11 is 6.10. The Morgan fingerprint density at radius 3 is 2.53 bits per heavy atom. The molecule has 0 saturated carbocycles. The molecular weight excluding hydrogens is 442 g/mol. The molecule has 0 aliphatic carbocycles. The van der Waals surface area contributed by atoms with E-state index in [9.17, 15) is 4.79 Å². The minimum absolute atomic E-state index is 0.108. The number of fused-ring (bicyclic) bond motifs is 1. The number of carbonyl (C=O) groups is 1. The van der Waals surface area contributed by atoms with Gasteiger partial charge in [-0.25, -0.2) is 4.79 Å². The predicted molar refractivity (Wildman–Crippen MR) is 131 cm³/mol. The van der Waals surface area contributed by atoms with Gasteiger partial charge >= 0.3 is 6.09 Å². The molecule has 6 nitrogen and oxygen atoms in total. The standard InChI is InChI=1S/C24H30ClN3O3Si/c1-24(2,3)32(4,5)31-15-17-10-20(28-21(11-17)14-27-23(29)30)9-16-6-7-22-18(8-16)12-19(25)13-26-22/h6-8,10-13,27H,9,14-15H2,1-5H3,(H,29,30). The molecule has 0 unspecified atom stereocenters. The molecule has 3 aromatic rings. The number of carboxylic acid groups (broad SMARTS) is 1. The highest BCUT2D eigenvalue weighted by Gasteiger charge is 2.37. The summed E-state index contributed by atoms with van der Waals surface area (Å²) < 4.78 is 6.39. The maximum Gasteiger partial charge on any atom is 0.404 e. The number of nitrogens with one attached hydrogen (secondary N) is 1. The van der Waals surface area contributed by atoms with Crippen molar-refractivity contribution in [3.8, 4) is 0 Å². The lowest BCUT2D eigenvalue weighted by molar-refractivity contribution is 0.194. The van der Waals surface area contributed by atoms with Crippen LogP contribution in [0.25, 0.3) is 10.9 Å². The van der Waals surface area contributed by atoms with Crippen LogP contribution < -0.4 is 5.32 Å². The van der Waals surface area contributed by atoms with Crippen molar-refractivity contribution in [2.24, 2.45) is 0 Å². The van der Waals surface area contributed by atoms with Crippen LogP contribution in [0.2, 0.25) is 23.2 Å². The molecule has 1 aromatic carbocycles. The number of hydrogen-bond acceptors (Lipinski definition) is 4. The maximum absolute atomic E-state index is 11.0. The first kappa shape index (κ1) is 24.2. The fraction of sp³-hybridized carbons (Fsp3) is 0.375. The summed E-state index contributed by atoms with van der Waals surface area (Å²) in [7, 11) is -1.92. The lowest BCUT2D eigenvalue weighted by atomic mass is 10.0. The van der Waals surface area contributed by atoms with E-state index in [4.69, 9.17) is 21.1 Å². The Labute approximate surface area is 195 Å². The predicted octanol–water partition coefficient (Wildman–Crippen LogP) is 6.16. The van der Waals surface area contributed by atoms with Crippen molar-refractivity contribution in [3.05, 3.63) is 70.1 Å². The fourth-order valence-corrected chi connectivity index (χ4v) is 4.23. The van der Waals surface area contributed by atoms with E-state index in [0.29, 0.717) is 23.7 Å². The normalized spacial score (nSPS) is 12.2. The van der Waals surface area contributed by atoms with Crippen molar-refractivity contribution in [1.29, 1.82) is 0 Å². The second kappa shape index (κ2) is 9.56. The summed E-state index contributed by atoms with van der Waals surface area (Å²) in [5.41, 5.74) is 4.48. The molecule has 2 aromatic heterocycles. The molecule has 8 heteroatoms. The second-order valence-electron chi connectivity index (χ2n) is 9.52. The van der Waals surface area contributed by atoms with Gasteiger partial charge in [-0.1, -0.05) is 38.4 Å². The van der Waals surface area contributed by atoms with E-state index in [1.54, 1.807) is 6.20 Å². The molecule has 1 amide bonds. The molecule has 0 radical (unpaired) electrons. The largest absolute Gasteiger partial charge is 0.465 e. The van der Waals surface area contributed by atoms with Gasteiger partial charge in [0.1, 0.15) is 0 Å². The summed E-state index contributed by atoms with van der Waals surface area (Å²) in [6.45, 7) is 11.7. The zero-order chi connectivity index (χ0) is 23.5. The van der Waals surface area contributed by atoms with Crippen molar-refractivity contribution in [1.82, 2.24) is 15.3 Å². The lowest BCUT2D eigenvalue weighted by Crippen LogP contribution is -2.40. The number of pyridine rings is 2. The highest BCUT2D eigenvalue weighted by Crippen LogP contribution is 2.37. The van der Waals surface area contributed by atoms with E-state index in [1.165, 1.54) is 0 Å². The highest BCUT2D eigenvalue weighted by molar-refractivity contribution is 6.74. The van der Waals surface area contributed by atoms with E-state index >= 15 is 0 Å². The Hall–Kier alpha value is -2.48. The molecule has 0 bridgehead atoms. The molecule has 32 heavy (non-hydrogen) atoms. The van der Waals surface area contributed by atoms with Crippen LogP contribution in [0.5, 0.6) is 0 Å².